The van der Waals surface area contributed by atoms with Crippen LogP contribution in [0.2, 0.25) is 0 Å². The standard InChI is InChI=1S/C12H18FNO3S/c1-12(2,3)10-8-9(18(14,15)16)4-5-11(10)17-7-6-13/h4-5,8H,6-7H2,1-3H3,(H2,14,15,16). The summed E-state index contributed by atoms with van der Waals surface area (Å²) in [5, 5.41) is 5.09. The zero-order chi connectivity index (χ0) is 14.0. The van der Waals surface area contributed by atoms with Crippen LogP contribution in [0, 0.1) is 0 Å². The molecule has 18 heavy (non-hydrogen) atoms. The molecule has 4 nitrogen and oxygen atoms in total. The fourth-order valence-electron chi connectivity index (χ4n) is 1.55. The van der Waals surface area contributed by atoms with Crippen LogP contribution in [0.5, 0.6) is 5.75 Å². The molecule has 1 aromatic rings. The molecule has 0 aliphatic rings. The summed E-state index contributed by atoms with van der Waals surface area (Å²) in [7, 11) is -3.75. The van der Waals surface area contributed by atoms with Crippen LogP contribution in [0.25, 0.3) is 0 Å². The van der Waals surface area contributed by atoms with Crippen LogP contribution in [0.15, 0.2) is 23.1 Å². The van der Waals surface area contributed by atoms with Crippen LogP contribution >= 0.6 is 0 Å². The average Bonchev–Trinajstić information content (AvgIpc) is 2.23. The van der Waals surface area contributed by atoms with Gasteiger partial charge < -0.3 is 4.74 Å². The molecule has 0 radical (unpaired) electrons. The summed E-state index contributed by atoms with van der Waals surface area (Å²) in [5.74, 6) is 0.479. The van der Waals surface area contributed by atoms with Crippen LogP contribution < -0.4 is 9.88 Å². The Kier molecular flexibility index (Phi) is 4.34. The van der Waals surface area contributed by atoms with Crippen molar-refractivity contribution in [2.75, 3.05) is 13.3 Å². The second kappa shape index (κ2) is 5.24. The van der Waals surface area contributed by atoms with Gasteiger partial charge in [-0.05, 0) is 23.6 Å². The highest BCUT2D eigenvalue weighted by Crippen LogP contribution is 2.33. The normalized spacial score (nSPS) is 12.5. The molecule has 6 heteroatoms. The van der Waals surface area contributed by atoms with Gasteiger partial charge in [0.2, 0.25) is 10.0 Å². The lowest BCUT2D eigenvalue weighted by atomic mass is 9.86. The molecule has 0 amide bonds. The lowest BCUT2D eigenvalue weighted by molar-refractivity contribution is 0.267. The first-order chi connectivity index (χ1) is 8.16. The van der Waals surface area contributed by atoms with E-state index in [-0.39, 0.29) is 16.9 Å². The Labute approximate surface area is 107 Å². The summed E-state index contributed by atoms with van der Waals surface area (Å²) in [6.07, 6.45) is 0. The summed E-state index contributed by atoms with van der Waals surface area (Å²) in [6, 6.07) is 4.34. The fourth-order valence-corrected chi connectivity index (χ4v) is 2.09. The summed E-state index contributed by atoms with van der Waals surface area (Å²) in [4.78, 5) is 0.0278. The van der Waals surface area contributed by atoms with Gasteiger partial charge >= 0.3 is 0 Å². The van der Waals surface area contributed by atoms with Gasteiger partial charge in [-0.1, -0.05) is 20.8 Å². The van der Waals surface area contributed by atoms with E-state index in [4.69, 9.17) is 9.88 Å². The van der Waals surface area contributed by atoms with Crippen molar-refractivity contribution in [1.82, 2.24) is 0 Å². The zero-order valence-electron chi connectivity index (χ0n) is 10.7. The smallest absolute Gasteiger partial charge is 0.238 e. The average molecular weight is 275 g/mol. The van der Waals surface area contributed by atoms with Crippen molar-refractivity contribution >= 4 is 10.0 Å². The number of hydrogen-bond donors (Lipinski definition) is 1. The van der Waals surface area contributed by atoms with Gasteiger partial charge in [-0.15, -0.1) is 0 Å². The van der Waals surface area contributed by atoms with Crippen LogP contribution in [0.1, 0.15) is 26.3 Å². The van der Waals surface area contributed by atoms with Gasteiger partial charge in [0, 0.05) is 5.56 Å². The van der Waals surface area contributed by atoms with E-state index in [1.807, 2.05) is 20.8 Å². The van der Waals surface area contributed by atoms with Crippen molar-refractivity contribution in [3.8, 4) is 5.75 Å². The highest BCUT2D eigenvalue weighted by molar-refractivity contribution is 7.89. The second-order valence-corrected chi connectivity index (χ2v) is 6.55. The maximum atomic E-state index is 12.1. The monoisotopic (exact) mass is 275 g/mol. The largest absolute Gasteiger partial charge is 0.491 e. The number of primary sulfonamides is 1. The van der Waals surface area contributed by atoms with E-state index < -0.39 is 16.7 Å². The molecule has 1 aromatic carbocycles. The third-order valence-corrected chi connectivity index (χ3v) is 3.33. The number of hydrogen-bond acceptors (Lipinski definition) is 3. The minimum Gasteiger partial charge on any atom is -0.491 e. The third kappa shape index (κ3) is 3.68. The number of alkyl halides is 1. The van der Waals surface area contributed by atoms with Crippen LogP contribution in [0.3, 0.4) is 0 Å². The third-order valence-electron chi connectivity index (χ3n) is 2.42. The molecule has 0 saturated heterocycles. The number of benzene rings is 1. The van der Waals surface area contributed by atoms with Crippen molar-refractivity contribution in [2.45, 2.75) is 31.1 Å². The van der Waals surface area contributed by atoms with E-state index in [9.17, 15) is 12.8 Å². The number of rotatable bonds is 4. The van der Waals surface area contributed by atoms with Gasteiger partial charge in [0.15, 0.2) is 0 Å². The van der Waals surface area contributed by atoms with Gasteiger partial charge in [-0.3, -0.25) is 0 Å². The lowest BCUT2D eigenvalue weighted by Crippen LogP contribution is -2.17. The Morgan fingerprint density at radius 2 is 1.94 bits per heavy atom. The second-order valence-electron chi connectivity index (χ2n) is 4.99. The first-order valence-corrected chi connectivity index (χ1v) is 7.07. The molecule has 0 saturated carbocycles. The Morgan fingerprint density at radius 1 is 1.33 bits per heavy atom. The molecule has 0 bridgehead atoms. The van der Waals surface area contributed by atoms with E-state index in [0.29, 0.717) is 11.3 Å². The Balaban J connectivity index is 3.30. The lowest BCUT2D eigenvalue weighted by Gasteiger charge is -2.23. The molecule has 0 unspecified atom stereocenters. The quantitative estimate of drug-likeness (QED) is 0.913. The molecule has 0 aromatic heterocycles. The summed E-state index contributed by atoms with van der Waals surface area (Å²) in [6.45, 7) is 5.09. The summed E-state index contributed by atoms with van der Waals surface area (Å²) >= 11 is 0. The number of sulfonamides is 1. The molecule has 1 rings (SSSR count). The molecular formula is C12H18FNO3S. The predicted molar refractivity (Wildman–Crippen MR) is 68.0 cm³/mol. The minimum atomic E-state index is -3.75. The fraction of sp³-hybridized carbons (Fsp3) is 0.500. The molecule has 2 N–H and O–H groups in total. The highest BCUT2D eigenvalue weighted by Gasteiger charge is 2.21. The van der Waals surface area contributed by atoms with Gasteiger partial charge in [0.1, 0.15) is 19.0 Å². The highest BCUT2D eigenvalue weighted by atomic mass is 32.2. The zero-order valence-corrected chi connectivity index (χ0v) is 11.6. The molecule has 0 fully saturated rings. The number of ether oxygens (including phenoxy) is 1. The van der Waals surface area contributed by atoms with Gasteiger partial charge in [-0.2, -0.15) is 0 Å². The van der Waals surface area contributed by atoms with Crippen LogP contribution in [0.4, 0.5) is 4.39 Å². The van der Waals surface area contributed by atoms with Crippen molar-refractivity contribution < 1.29 is 17.5 Å². The first-order valence-electron chi connectivity index (χ1n) is 5.52. The van der Waals surface area contributed by atoms with Gasteiger partial charge in [-0.25, -0.2) is 17.9 Å². The van der Waals surface area contributed by atoms with E-state index in [2.05, 4.69) is 0 Å². The first kappa shape index (κ1) is 14.9. The van der Waals surface area contributed by atoms with Gasteiger partial charge in [0.25, 0.3) is 0 Å². The number of halogens is 1. The van der Waals surface area contributed by atoms with Gasteiger partial charge in [0.05, 0.1) is 4.90 Å². The SMILES string of the molecule is CC(C)(C)c1cc(S(N)(=O)=O)ccc1OCCF. The molecule has 0 spiro atoms. The number of nitrogens with two attached hydrogens (primary N) is 1. The molecule has 0 atom stereocenters. The van der Waals surface area contributed by atoms with Crippen molar-refractivity contribution in [1.29, 1.82) is 0 Å². The topological polar surface area (TPSA) is 69.4 Å². The van der Waals surface area contributed by atoms with E-state index in [1.54, 1.807) is 0 Å². The molecule has 0 aliphatic carbocycles. The van der Waals surface area contributed by atoms with E-state index in [1.165, 1.54) is 18.2 Å². The Hall–Kier alpha value is -1.14. The Bertz CT molecular complexity index is 521. The molecular weight excluding hydrogens is 257 g/mol. The summed E-state index contributed by atoms with van der Waals surface area (Å²) < 4.78 is 40.0. The molecule has 0 aliphatic heterocycles. The maximum absolute atomic E-state index is 12.1. The van der Waals surface area contributed by atoms with E-state index in [0.717, 1.165) is 0 Å². The Morgan fingerprint density at radius 3 is 2.39 bits per heavy atom. The van der Waals surface area contributed by atoms with Crippen LogP contribution in [-0.2, 0) is 15.4 Å². The molecule has 102 valence electrons. The van der Waals surface area contributed by atoms with Crippen molar-refractivity contribution in [2.24, 2.45) is 5.14 Å². The molecule has 0 heterocycles. The van der Waals surface area contributed by atoms with Crippen molar-refractivity contribution in [3.05, 3.63) is 23.8 Å². The predicted octanol–water partition coefficient (Wildman–Crippen LogP) is 1.98. The van der Waals surface area contributed by atoms with Crippen LogP contribution in [-0.4, -0.2) is 21.7 Å². The summed E-state index contributed by atoms with van der Waals surface area (Å²) in [5.41, 5.74) is 0.356. The minimum absolute atomic E-state index is 0.0278. The van der Waals surface area contributed by atoms with Crippen molar-refractivity contribution in [3.63, 3.8) is 0 Å². The maximum Gasteiger partial charge on any atom is 0.238 e. The van der Waals surface area contributed by atoms with E-state index >= 15 is 0 Å².